The van der Waals surface area contributed by atoms with Crippen molar-refractivity contribution in [1.29, 1.82) is 0 Å². The maximum absolute atomic E-state index is 6.71. The lowest BCUT2D eigenvalue weighted by molar-refractivity contribution is -0.0380. The van der Waals surface area contributed by atoms with Gasteiger partial charge in [0.05, 0.1) is 30.6 Å². The molecule has 4 aromatic rings. The highest BCUT2D eigenvalue weighted by Crippen LogP contribution is 2.43. The summed E-state index contributed by atoms with van der Waals surface area (Å²) in [6.07, 6.45) is 7.96. The Balaban J connectivity index is 1.33. The summed E-state index contributed by atoms with van der Waals surface area (Å²) in [5.74, 6) is 1.07. The summed E-state index contributed by atoms with van der Waals surface area (Å²) < 4.78 is 18.0. The summed E-state index contributed by atoms with van der Waals surface area (Å²) >= 11 is 0. The zero-order chi connectivity index (χ0) is 24.8. The molecule has 3 fully saturated rings. The van der Waals surface area contributed by atoms with Gasteiger partial charge in [-0.25, -0.2) is 4.98 Å². The second-order valence-corrected chi connectivity index (χ2v) is 10.6. The third-order valence-corrected chi connectivity index (χ3v) is 8.26. The van der Waals surface area contributed by atoms with Crippen LogP contribution in [0.5, 0.6) is 5.88 Å². The van der Waals surface area contributed by atoms with Crippen molar-refractivity contribution in [1.82, 2.24) is 25.1 Å². The predicted molar refractivity (Wildman–Crippen MR) is 142 cm³/mol. The number of morpholine rings is 1. The molecule has 1 N–H and O–H groups in total. The Morgan fingerprint density at radius 2 is 1.81 bits per heavy atom. The van der Waals surface area contributed by atoms with Crippen molar-refractivity contribution in [2.75, 3.05) is 39.5 Å². The fourth-order valence-corrected chi connectivity index (χ4v) is 6.13. The highest BCUT2D eigenvalue weighted by Gasteiger charge is 2.37. The van der Waals surface area contributed by atoms with Crippen molar-refractivity contribution in [2.45, 2.75) is 50.7 Å². The minimum atomic E-state index is 0.178. The molecule has 3 aliphatic rings. The SMILES string of the molecule is Cc1cc(-c2c(C3CCOCC3)nc(OC3CC(N4CCOCC4)C3)c3cc4[nH]ncc4cc23)ccn1. The lowest BCUT2D eigenvalue weighted by Crippen LogP contribution is -2.52. The van der Waals surface area contributed by atoms with E-state index in [4.69, 9.17) is 19.2 Å². The number of benzene rings is 1. The van der Waals surface area contributed by atoms with E-state index < -0.39 is 0 Å². The van der Waals surface area contributed by atoms with Gasteiger partial charge in [-0.1, -0.05) is 0 Å². The van der Waals surface area contributed by atoms with Gasteiger partial charge < -0.3 is 14.2 Å². The zero-order valence-corrected chi connectivity index (χ0v) is 21.3. The quantitative estimate of drug-likeness (QED) is 0.429. The molecule has 2 saturated heterocycles. The van der Waals surface area contributed by atoms with Gasteiger partial charge >= 0.3 is 0 Å². The lowest BCUT2D eigenvalue weighted by Gasteiger charge is -2.44. The Kier molecular flexibility index (Phi) is 6.03. The van der Waals surface area contributed by atoms with E-state index in [1.165, 1.54) is 5.56 Å². The number of fused-ring (bicyclic) bond motifs is 2. The summed E-state index contributed by atoms with van der Waals surface area (Å²) in [5.41, 5.74) is 5.44. The Bertz CT molecular complexity index is 1420. The number of aryl methyl sites for hydroxylation is 1. The van der Waals surface area contributed by atoms with Crippen LogP contribution in [0.25, 0.3) is 32.8 Å². The van der Waals surface area contributed by atoms with Crippen LogP contribution < -0.4 is 4.74 Å². The molecule has 8 heteroatoms. The number of hydrogen-bond acceptors (Lipinski definition) is 7. The van der Waals surface area contributed by atoms with Crippen LogP contribution in [-0.2, 0) is 9.47 Å². The van der Waals surface area contributed by atoms with Crippen LogP contribution >= 0.6 is 0 Å². The standard InChI is InChI=1S/C29H33N5O3/c1-18-12-20(2-5-30-18)27-24-13-21-17-31-33-26(21)16-25(24)29(32-28(27)19-3-8-35-9-4-19)37-23-14-22(15-23)34-6-10-36-11-7-34/h2,5,12-13,16-17,19,22-23H,3-4,6-11,14-15H2,1H3,(H,31,33). The number of hydrogen-bond donors (Lipinski definition) is 1. The van der Waals surface area contributed by atoms with E-state index in [0.29, 0.717) is 12.0 Å². The molecule has 0 atom stereocenters. The Morgan fingerprint density at radius 1 is 1.00 bits per heavy atom. The number of nitrogens with one attached hydrogen (secondary N) is 1. The number of aromatic amines is 1. The third kappa shape index (κ3) is 4.37. The largest absolute Gasteiger partial charge is 0.474 e. The van der Waals surface area contributed by atoms with Crippen molar-refractivity contribution >= 4 is 21.7 Å². The first kappa shape index (κ1) is 23.1. The number of aromatic nitrogens is 4. The topological polar surface area (TPSA) is 85.4 Å². The second kappa shape index (κ2) is 9.67. The van der Waals surface area contributed by atoms with E-state index in [-0.39, 0.29) is 6.10 Å². The van der Waals surface area contributed by atoms with Crippen LogP contribution in [0.4, 0.5) is 0 Å². The highest BCUT2D eigenvalue weighted by atomic mass is 16.5. The van der Waals surface area contributed by atoms with Crippen LogP contribution in [0, 0.1) is 6.92 Å². The van der Waals surface area contributed by atoms with E-state index in [1.807, 2.05) is 19.3 Å². The monoisotopic (exact) mass is 499 g/mol. The van der Waals surface area contributed by atoms with Crippen molar-refractivity contribution in [3.05, 3.63) is 48.0 Å². The van der Waals surface area contributed by atoms with Gasteiger partial charge in [0.25, 0.3) is 0 Å². The molecule has 0 amide bonds. The van der Waals surface area contributed by atoms with E-state index >= 15 is 0 Å². The molecule has 3 aromatic heterocycles. The number of H-pyrrole nitrogens is 1. The molecule has 1 saturated carbocycles. The third-order valence-electron chi connectivity index (χ3n) is 8.26. The predicted octanol–water partition coefficient (Wildman–Crippen LogP) is 4.62. The minimum absolute atomic E-state index is 0.178. The first-order valence-corrected chi connectivity index (χ1v) is 13.5. The molecule has 5 heterocycles. The van der Waals surface area contributed by atoms with Gasteiger partial charge in [0, 0.05) is 79.3 Å². The molecule has 0 bridgehead atoms. The van der Waals surface area contributed by atoms with Gasteiger partial charge in [-0.3, -0.25) is 15.0 Å². The summed E-state index contributed by atoms with van der Waals surface area (Å²) in [4.78, 5) is 12.3. The van der Waals surface area contributed by atoms with Gasteiger partial charge in [-0.15, -0.1) is 0 Å². The number of ether oxygens (including phenoxy) is 3. The first-order chi connectivity index (χ1) is 18.2. The molecule has 192 valence electrons. The van der Waals surface area contributed by atoms with Gasteiger partial charge in [0.1, 0.15) is 6.10 Å². The van der Waals surface area contributed by atoms with Gasteiger partial charge in [-0.05, 0) is 55.0 Å². The summed E-state index contributed by atoms with van der Waals surface area (Å²) in [6, 6.07) is 9.24. The Hall–Kier alpha value is -3.07. The molecule has 2 aliphatic heterocycles. The van der Waals surface area contributed by atoms with Crippen molar-refractivity contribution in [2.24, 2.45) is 0 Å². The van der Waals surface area contributed by atoms with E-state index in [0.717, 1.165) is 110 Å². The molecule has 37 heavy (non-hydrogen) atoms. The normalized spacial score (nSPS) is 23.4. The Morgan fingerprint density at radius 3 is 2.62 bits per heavy atom. The first-order valence-electron chi connectivity index (χ1n) is 13.5. The number of pyridine rings is 2. The fraction of sp³-hybridized carbons (Fsp3) is 0.483. The maximum Gasteiger partial charge on any atom is 0.221 e. The van der Waals surface area contributed by atoms with Crippen LogP contribution in [0.3, 0.4) is 0 Å². The van der Waals surface area contributed by atoms with Gasteiger partial charge in [0.15, 0.2) is 0 Å². The van der Waals surface area contributed by atoms with Crippen LogP contribution in [-0.4, -0.2) is 76.7 Å². The van der Waals surface area contributed by atoms with Crippen molar-refractivity contribution < 1.29 is 14.2 Å². The number of rotatable bonds is 5. The van der Waals surface area contributed by atoms with Crippen LogP contribution in [0.15, 0.2) is 36.7 Å². The zero-order valence-electron chi connectivity index (χ0n) is 21.3. The molecule has 7 rings (SSSR count). The molecule has 0 unspecified atom stereocenters. The van der Waals surface area contributed by atoms with E-state index in [2.05, 4.69) is 44.3 Å². The molecular weight excluding hydrogens is 466 g/mol. The fourth-order valence-electron chi connectivity index (χ4n) is 6.13. The minimum Gasteiger partial charge on any atom is -0.474 e. The van der Waals surface area contributed by atoms with Crippen molar-refractivity contribution in [3.8, 4) is 17.0 Å². The molecule has 1 aliphatic carbocycles. The highest BCUT2D eigenvalue weighted by molar-refractivity contribution is 6.06. The Labute approximate surface area is 216 Å². The smallest absolute Gasteiger partial charge is 0.221 e. The van der Waals surface area contributed by atoms with Gasteiger partial charge in [0.2, 0.25) is 5.88 Å². The molecule has 0 radical (unpaired) electrons. The maximum atomic E-state index is 6.71. The molecular formula is C29H33N5O3. The molecule has 1 aromatic carbocycles. The average Bonchev–Trinajstić information content (AvgIpc) is 3.37. The van der Waals surface area contributed by atoms with Crippen LogP contribution in [0.2, 0.25) is 0 Å². The molecule has 0 spiro atoms. The number of nitrogens with zero attached hydrogens (tertiary/aromatic N) is 4. The van der Waals surface area contributed by atoms with Crippen molar-refractivity contribution in [3.63, 3.8) is 0 Å². The molecule has 8 nitrogen and oxygen atoms in total. The van der Waals surface area contributed by atoms with E-state index in [1.54, 1.807) is 0 Å². The van der Waals surface area contributed by atoms with Gasteiger partial charge in [-0.2, -0.15) is 5.10 Å². The summed E-state index contributed by atoms with van der Waals surface area (Å²) in [5, 5.41) is 10.7. The summed E-state index contributed by atoms with van der Waals surface area (Å²) in [6.45, 7) is 7.27. The van der Waals surface area contributed by atoms with E-state index in [9.17, 15) is 0 Å². The lowest BCUT2D eigenvalue weighted by atomic mass is 9.86. The summed E-state index contributed by atoms with van der Waals surface area (Å²) in [7, 11) is 0. The average molecular weight is 500 g/mol. The second-order valence-electron chi connectivity index (χ2n) is 10.6. The van der Waals surface area contributed by atoms with Crippen LogP contribution in [0.1, 0.15) is 43.0 Å².